The summed E-state index contributed by atoms with van der Waals surface area (Å²) in [6.45, 7) is 0. The third-order valence-corrected chi connectivity index (χ3v) is 4.35. The fourth-order valence-corrected chi connectivity index (χ4v) is 2.85. The van der Waals surface area contributed by atoms with Gasteiger partial charge in [-0.3, -0.25) is 9.59 Å². The van der Waals surface area contributed by atoms with E-state index in [1.54, 1.807) is 66.5 Å². The zero-order valence-corrected chi connectivity index (χ0v) is 14.6. The summed E-state index contributed by atoms with van der Waals surface area (Å²) in [6, 6.07) is 23.3. The van der Waals surface area contributed by atoms with Gasteiger partial charge in [-0.05, 0) is 48.5 Å². The van der Waals surface area contributed by atoms with Gasteiger partial charge < -0.3 is 9.32 Å². The molecule has 5 nitrogen and oxygen atoms in total. The Balaban J connectivity index is 1.64. The number of para-hydroxylation sites is 1. The van der Waals surface area contributed by atoms with Gasteiger partial charge in [0.1, 0.15) is 5.58 Å². The van der Waals surface area contributed by atoms with Crippen LogP contribution in [0, 0.1) is 0 Å². The number of aromatic nitrogens is 1. The highest BCUT2D eigenvalue weighted by Crippen LogP contribution is 2.23. The van der Waals surface area contributed by atoms with E-state index in [4.69, 9.17) is 4.42 Å². The molecule has 3 aromatic carbocycles. The average molecular weight is 356 g/mol. The number of amides is 1. The van der Waals surface area contributed by atoms with E-state index in [0.29, 0.717) is 22.1 Å². The van der Waals surface area contributed by atoms with E-state index in [0.717, 1.165) is 5.69 Å². The monoisotopic (exact) mass is 356 g/mol. The number of fused-ring (bicyclic) bond motifs is 1. The Morgan fingerprint density at radius 2 is 1.56 bits per heavy atom. The highest BCUT2D eigenvalue weighted by Gasteiger charge is 2.14. The van der Waals surface area contributed by atoms with Crippen molar-refractivity contribution in [2.24, 2.45) is 0 Å². The Hall–Kier alpha value is -3.73. The van der Waals surface area contributed by atoms with E-state index < -0.39 is 0 Å². The van der Waals surface area contributed by atoms with Gasteiger partial charge >= 0.3 is 0 Å². The Morgan fingerprint density at radius 3 is 2.30 bits per heavy atom. The Morgan fingerprint density at radius 1 is 0.889 bits per heavy atom. The lowest BCUT2D eigenvalue weighted by atomic mass is 10.1. The van der Waals surface area contributed by atoms with Crippen LogP contribution in [-0.2, 0) is 0 Å². The molecule has 0 aliphatic heterocycles. The standard InChI is InChI=1S/C22H16N2O3/c1-24(22(26)16-7-3-2-4-8-16)17-13-11-15(12-14-17)21-23-20(25)18-9-5-6-10-19(18)27-21/h2-14H,1H3. The number of hydrogen-bond donors (Lipinski definition) is 0. The SMILES string of the molecule is CN(C(=O)c1ccccc1)c1ccc(-c2nc(=O)c3ccccc3o2)cc1. The number of nitrogens with zero attached hydrogens (tertiary/aromatic N) is 2. The van der Waals surface area contributed by atoms with Crippen molar-refractivity contribution >= 4 is 22.6 Å². The largest absolute Gasteiger partial charge is 0.437 e. The molecule has 0 spiro atoms. The molecule has 4 rings (SSSR count). The molecule has 27 heavy (non-hydrogen) atoms. The van der Waals surface area contributed by atoms with E-state index >= 15 is 0 Å². The van der Waals surface area contributed by atoms with Crippen LogP contribution in [0.15, 0.2) is 88.1 Å². The number of hydrogen-bond acceptors (Lipinski definition) is 4. The maximum Gasteiger partial charge on any atom is 0.284 e. The number of anilines is 1. The van der Waals surface area contributed by atoms with E-state index in [2.05, 4.69) is 4.98 Å². The number of rotatable bonds is 3. The molecule has 132 valence electrons. The molecule has 0 aliphatic carbocycles. The Bertz CT molecular complexity index is 1170. The second kappa shape index (κ2) is 6.88. The molecule has 4 aromatic rings. The first-order chi connectivity index (χ1) is 13.1. The van der Waals surface area contributed by atoms with E-state index in [1.165, 1.54) is 0 Å². The maximum atomic E-state index is 12.5. The van der Waals surface area contributed by atoms with Crippen molar-refractivity contribution in [1.82, 2.24) is 4.98 Å². The van der Waals surface area contributed by atoms with Gasteiger partial charge in [-0.15, -0.1) is 0 Å². The van der Waals surface area contributed by atoms with Crippen LogP contribution in [-0.4, -0.2) is 17.9 Å². The molecular weight excluding hydrogens is 340 g/mol. The third-order valence-electron chi connectivity index (χ3n) is 4.35. The highest BCUT2D eigenvalue weighted by atomic mass is 16.3. The summed E-state index contributed by atoms with van der Waals surface area (Å²) in [5.74, 6) is 0.154. The van der Waals surface area contributed by atoms with Crippen molar-refractivity contribution in [3.05, 3.63) is 94.8 Å². The molecule has 0 aliphatic rings. The van der Waals surface area contributed by atoms with Gasteiger partial charge in [0, 0.05) is 23.9 Å². The molecule has 0 N–H and O–H groups in total. The first-order valence-electron chi connectivity index (χ1n) is 8.47. The van der Waals surface area contributed by atoms with Crippen LogP contribution >= 0.6 is 0 Å². The highest BCUT2D eigenvalue weighted by molar-refractivity contribution is 6.05. The van der Waals surface area contributed by atoms with Crippen LogP contribution < -0.4 is 10.5 Å². The summed E-state index contributed by atoms with van der Waals surface area (Å²) in [5, 5.41) is 0.450. The fraction of sp³-hybridized carbons (Fsp3) is 0.0455. The molecular formula is C22H16N2O3. The lowest BCUT2D eigenvalue weighted by Gasteiger charge is -2.17. The smallest absolute Gasteiger partial charge is 0.284 e. The molecule has 0 saturated carbocycles. The van der Waals surface area contributed by atoms with Crippen molar-refractivity contribution in [2.45, 2.75) is 0 Å². The predicted molar refractivity (Wildman–Crippen MR) is 105 cm³/mol. The predicted octanol–water partition coefficient (Wildman–Crippen LogP) is 4.13. The maximum absolute atomic E-state index is 12.5. The normalized spacial score (nSPS) is 10.7. The molecule has 1 heterocycles. The number of carbonyl (C=O) groups is 1. The summed E-state index contributed by atoms with van der Waals surface area (Å²) in [4.78, 5) is 30.3. The molecule has 1 amide bonds. The minimum atomic E-state index is -0.327. The van der Waals surface area contributed by atoms with Crippen molar-refractivity contribution < 1.29 is 9.21 Å². The topological polar surface area (TPSA) is 63.4 Å². The first kappa shape index (κ1) is 16.7. The minimum absolute atomic E-state index is 0.0984. The summed E-state index contributed by atoms with van der Waals surface area (Å²) in [7, 11) is 1.72. The first-order valence-corrected chi connectivity index (χ1v) is 8.47. The summed E-state index contributed by atoms with van der Waals surface area (Å²) in [5.41, 5.74) is 2.18. The molecule has 0 saturated heterocycles. The molecule has 1 aromatic heterocycles. The molecule has 5 heteroatoms. The lowest BCUT2D eigenvalue weighted by molar-refractivity contribution is 0.0993. The van der Waals surface area contributed by atoms with Gasteiger partial charge in [0.05, 0.1) is 5.39 Å². The zero-order valence-electron chi connectivity index (χ0n) is 14.6. The van der Waals surface area contributed by atoms with Crippen LogP contribution in [0.4, 0.5) is 5.69 Å². The van der Waals surface area contributed by atoms with Crippen molar-refractivity contribution in [1.29, 1.82) is 0 Å². The Labute approximate surface area is 155 Å². The molecule has 0 radical (unpaired) electrons. The van der Waals surface area contributed by atoms with Gasteiger partial charge in [0.15, 0.2) is 0 Å². The summed E-state index contributed by atoms with van der Waals surface area (Å²) in [6.07, 6.45) is 0. The minimum Gasteiger partial charge on any atom is -0.437 e. The average Bonchev–Trinajstić information content (AvgIpc) is 2.73. The van der Waals surface area contributed by atoms with Crippen LogP contribution in [0.2, 0.25) is 0 Å². The second-order valence-electron chi connectivity index (χ2n) is 6.10. The van der Waals surface area contributed by atoms with Crippen LogP contribution in [0.25, 0.3) is 22.4 Å². The van der Waals surface area contributed by atoms with Crippen molar-refractivity contribution in [2.75, 3.05) is 11.9 Å². The van der Waals surface area contributed by atoms with Gasteiger partial charge in [-0.1, -0.05) is 30.3 Å². The van der Waals surface area contributed by atoms with Gasteiger partial charge in [0.2, 0.25) is 5.89 Å². The van der Waals surface area contributed by atoms with Crippen LogP contribution in [0.3, 0.4) is 0 Å². The van der Waals surface area contributed by atoms with E-state index in [-0.39, 0.29) is 17.4 Å². The summed E-state index contributed by atoms with van der Waals surface area (Å²) < 4.78 is 5.75. The third kappa shape index (κ3) is 3.22. The van der Waals surface area contributed by atoms with Crippen LogP contribution in [0.1, 0.15) is 10.4 Å². The fourth-order valence-electron chi connectivity index (χ4n) is 2.85. The molecule has 0 atom stereocenters. The molecule has 0 fully saturated rings. The van der Waals surface area contributed by atoms with Gasteiger partial charge in [-0.25, -0.2) is 0 Å². The summed E-state index contributed by atoms with van der Waals surface area (Å²) >= 11 is 0. The number of benzene rings is 3. The molecule has 0 bridgehead atoms. The number of carbonyl (C=O) groups excluding carboxylic acids is 1. The van der Waals surface area contributed by atoms with Crippen molar-refractivity contribution in [3.8, 4) is 11.5 Å². The van der Waals surface area contributed by atoms with Gasteiger partial charge in [0.25, 0.3) is 11.5 Å². The van der Waals surface area contributed by atoms with Crippen molar-refractivity contribution in [3.63, 3.8) is 0 Å². The van der Waals surface area contributed by atoms with E-state index in [9.17, 15) is 9.59 Å². The second-order valence-corrected chi connectivity index (χ2v) is 6.10. The van der Waals surface area contributed by atoms with E-state index in [1.807, 2.05) is 24.3 Å². The lowest BCUT2D eigenvalue weighted by Crippen LogP contribution is -2.26. The van der Waals surface area contributed by atoms with Gasteiger partial charge in [-0.2, -0.15) is 4.98 Å². The molecule has 0 unspecified atom stereocenters. The Kier molecular flexibility index (Phi) is 4.26. The quantitative estimate of drug-likeness (QED) is 0.554. The van der Waals surface area contributed by atoms with Crippen LogP contribution in [0.5, 0.6) is 0 Å². The zero-order chi connectivity index (χ0) is 18.8.